The van der Waals surface area contributed by atoms with Crippen molar-refractivity contribution in [3.63, 3.8) is 0 Å². The molecule has 2 aromatic carbocycles. The van der Waals surface area contributed by atoms with Crippen LogP contribution in [0.4, 0.5) is 0 Å². The largest absolute Gasteiger partial charge is 0.493 e. The number of methoxy groups -OCH3 is 2. The Kier molecular flexibility index (Phi) is 5.49. The Morgan fingerprint density at radius 1 is 1.10 bits per heavy atom. The van der Waals surface area contributed by atoms with Crippen LogP contribution >= 0.6 is 11.3 Å². The fourth-order valence-corrected chi connectivity index (χ4v) is 3.81. The predicted octanol–water partition coefficient (Wildman–Crippen LogP) is 2.95. The van der Waals surface area contributed by atoms with Crippen molar-refractivity contribution >= 4 is 22.4 Å². The highest BCUT2D eigenvalue weighted by Crippen LogP contribution is 2.27. The molecule has 8 heteroatoms. The number of benzene rings is 2. The molecule has 7 nitrogen and oxygen atoms in total. The molecule has 0 bridgehead atoms. The molecule has 0 radical (unpaired) electrons. The molecule has 0 aliphatic carbocycles. The molecular formula is C22H19N3O4S. The Hall–Kier alpha value is -3.65. The number of ether oxygens (including phenoxy) is 3. The van der Waals surface area contributed by atoms with Gasteiger partial charge in [-0.3, -0.25) is 4.79 Å². The molecular weight excluding hydrogens is 402 g/mol. The van der Waals surface area contributed by atoms with Crippen LogP contribution in [0.2, 0.25) is 0 Å². The Balaban J connectivity index is 1.66. The summed E-state index contributed by atoms with van der Waals surface area (Å²) in [4.78, 5) is 17.8. The minimum absolute atomic E-state index is 0.213. The average molecular weight is 421 g/mol. The molecule has 4 rings (SSSR count). The summed E-state index contributed by atoms with van der Waals surface area (Å²) >= 11 is 1.29. The lowest BCUT2D eigenvalue weighted by Gasteiger charge is -2.07. The average Bonchev–Trinajstić information content (AvgIpc) is 3.32. The van der Waals surface area contributed by atoms with Crippen LogP contribution in [-0.4, -0.2) is 35.4 Å². The number of rotatable bonds is 7. The fourth-order valence-electron chi connectivity index (χ4n) is 2.91. The summed E-state index contributed by atoms with van der Waals surface area (Å²) in [6, 6.07) is 12.9. The van der Waals surface area contributed by atoms with Crippen LogP contribution in [0.1, 0.15) is 5.56 Å². The summed E-state index contributed by atoms with van der Waals surface area (Å²) in [6.07, 6.45) is 3.47. The second kappa shape index (κ2) is 8.38. The van der Waals surface area contributed by atoms with E-state index in [4.69, 9.17) is 14.2 Å². The van der Waals surface area contributed by atoms with E-state index in [2.05, 4.69) is 16.7 Å². The first kappa shape index (κ1) is 19.7. The number of fused-ring (bicyclic) bond motifs is 1. The van der Waals surface area contributed by atoms with Crippen molar-refractivity contribution in [3.8, 4) is 28.6 Å². The standard InChI is InChI=1S/C22H19N3O4S/c1-4-11-29-16-8-6-15(7-9-16)20-23-22-25(24-20)21(26)19(30-22)13-14-5-10-17(27-2)18(12-14)28-3/h4-10,12-13H,1,11H2,2-3H3. The molecule has 0 aliphatic rings. The molecule has 0 amide bonds. The van der Waals surface area contributed by atoms with E-state index in [0.29, 0.717) is 33.4 Å². The van der Waals surface area contributed by atoms with Gasteiger partial charge in [-0.25, -0.2) is 0 Å². The normalized spacial score (nSPS) is 11.6. The van der Waals surface area contributed by atoms with Gasteiger partial charge in [-0.1, -0.05) is 30.1 Å². The lowest BCUT2D eigenvalue weighted by Crippen LogP contribution is -2.23. The third-order valence-electron chi connectivity index (χ3n) is 4.37. The van der Waals surface area contributed by atoms with Crippen molar-refractivity contribution in [2.45, 2.75) is 0 Å². The maximum absolute atomic E-state index is 12.8. The summed E-state index contributed by atoms with van der Waals surface area (Å²) in [5.74, 6) is 2.45. The van der Waals surface area contributed by atoms with Crippen molar-refractivity contribution in [1.82, 2.24) is 14.6 Å². The summed E-state index contributed by atoms with van der Waals surface area (Å²) in [7, 11) is 3.15. The summed E-state index contributed by atoms with van der Waals surface area (Å²) in [6.45, 7) is 4.07. The van der Waals surface area contributed by atoms with E-state index < -0.39 is 0 Å². The van der Waals surface area contributed by atoms with E-state index in [1.807, 2.05) is 36.4 Å². The van der Waals surface area contributed by atoms with Crippen LogP contribution in [0.5, 0.6) is 17.2 Å². The number of nitrogens with zero attached hydrogens (tertiary/aromatic N) is 3. The van der Waals surface area contributed by atoms with Gasteiger partial charge in [-0.15, -0.1) is 5.10 Å². The first-order valence-electron chi connectivity index (χ1n) is 9.10. The first-order chi connectivity index (χ1) is 14.6. The Bertz CT molecular complexity index is 1310. The van der Waals surface area contributed by atoms with E-state index in [0.717, 1.165) is 16.9 Å². The zero-order valence-corrected chi connectivity index (χ0v) is 17.3. The molecule has 152 valence electrons. The van der Waals surface area contributed by atoms with Gasteiger partial charge in [0.15, 0.2) is 17.3 Å². The lowest BCUT2D eigenvalue weighted by atomic mass is 10.2. The van der Waals surface area contributed by atoms with Gasteiger partial charge < -0.3 is 14.2 Å². The molecule has 0 fully saturated rings. The van der Waals surface area contributed by atoms with Crippen LogP contribution in [0.15, 0.2) is 59.9 Å². The third-order valence-corrected chi connectivity index (χ3v) is 5.33. The Morgan fingerprint density at radius 3 is 2.53 bits per heavy atom. The second-order valence-corrected chi connectivity index (χ2v) is 7.29. The molecule has 2 aromatic heterocycles. The van der Waals surface area contributed by atoms with E-state index in [-0.39, 0.29) is 5.56 Å². The molecule has 0 spiro atoms. The van der Waals surface area contributed by atoms with Gasteiger partial charge in [0.2, 0.25) is 4.96 Å². The molecule has 0 saturated carbocycles. The molecule has 2 heterocycles. The molecule has 30 heavy (non-hydrogen) atoms. The van der Waals surface area contributed by atoms with Crippen LogP contribution in [0.25, 0.3) is 22.4 Å². The predicted molar refractivity (Wildman–Crippen MR) is 117 cm³/mol. The van der Waals surface area contributed by atoms with Crippen molar-refractivity contribution in [2.75, 3.05) is 20.8 Å². The van der Waals surface area contributed by atoms with Crippen LogP contribution in [0, 0.1) is 0 Å². The highest BCUT2D eigenvalue weighted by molar-refractivity contribution is 7.15. The zero-order valence-electron chi connectivity index (χ0n) is 16.5. The van der Waals surface area contributed by atoms with Gasteiger partial charge in [-0.05, 0) is 48.0 Å². The molecule has 0 unspecified atom stereocenters. The van der Waals surface area contributed by atoms with Gasteiger partial charge in [-0.2, -0.15) is 9.50 Å². The van der Waals surface area contributed by atoms with Gasteiger partial charge in [0.05, 0.1) is 18.8 Å². The Labute approximate surface area is 176 Å². The molecule has 0 aliphatic heterocycles. The second-order valence-electron chi connectivity index (χ2n) is 6.28. The van der Waals surface area contributed by atoms with Crippen LogP contribution in [-0.2, 0) is 0 Å². The summed E-state index contributed by atoms with van der Waals surface area (Å²) in [5.41, 5.74) is 1.42. The molecule has 0 N–H and O–H groups in total. The lowest BCUT2D eigenvalue weighted by molar-refractivity contribution is 0.355. The van der Waals surface area contributed by atoms with Crippen molar-refractivity contribution in [2.24, 2.45) is 0 Å². The minimum Gasteiger partial charge on any atom is -0.493 e. The summed E-state index contributed by atoms with van der Waals surface area (Å²) < 4.78 is 17.9. The number of hydrogen-bond acceptors (Lipinski definition) is 7. The van der Waals surface area contributed by atoms with Crippen molar-refractivity contribution in [1.29, 1.82) is 0 Å². The van der Waals surface area contributed by atoms with E-state index in [1.54, 1.807) is 32.4 Å². The SMILES string of the molecule is C=CCOc1ccc(-c2nc3sc(=Cc4ccc(OC)c(OC)c4)c(=O)n3n2)cc1. The maximum atomic E-state index is 12.8. The van der Waals surface area contributed by atoms with Crippen molar-refractivity contribution < 1.29 is 14.2 Å². The smallest absolute Gasteiger partial charge is 0.291 e. The van der Waals surface area contributed by atoms with E-state index in [1.165, 1.54) is 15.9 Å². The van der Waals surface area contributed by atoms with Gasteiger partial charge >= 0.3 is 0 Å². The maximum Gasteiger partial charge on any atom is 0.291 e. The minimum atomic E-state index is -0.213. The van der Waals surface area contributed by atoms with Crippen molar-refractivity contribution in [3.05, 3.63) is 75.6 Å². The quantitative estimate of drug-likeness (QED) is 0.427. The first-order valence-corrected chi connectivity index (χ1v) is 9.92. The molecule has 0 atom stereocenters. The Morgan fingerprint density at radius 2 is 1.87 bits per heavy atom. The number of thiazole rings is 1. The number of hydrogen-bond donors (Lipinski definition) is 0. The summed E-state index contributed by atoms with van der Waals surface area (Å²) in [5, 5.41) is 4.38. The highest BCUT2D eigenvalue weighted by Gasteiger charge is 2.12. The molecule has 4 aromatic rings. The monoisotopic (exact) mass is 421 g/mol. The fraction of sp³-hybridized carbons (Fsp3) is 0.136. The topological polar surface area (TPSA) is 75.0 Å². The van der Waals surface area contributed by atoms with Gasteiger partial charge in [0, 0.05) is 5.56 Å². The van der Waals surface area contributed by atoms with Gasteiger partial charge in [0.25, 0.3) is 5.56 Å². The highest BCUT2D eigenvalue weighted by atomic mass is 32.1. The van der Waals surface area contributed by atoms with E-state index in [9.17, 15) is 4.79 Å². The van der Waals surface area contributed by atoms with Crippen LogP contribution < -0.4 is 24.3 Å². The van der Waals surface area contributed by atoms with Crippen LogP contribution in [0.3, 0.4) is 0 Å². The van der Waals surface area contributed by atoms with Gasteiger partial charge in [0.1, 0.15) is 12.4 Å². The molecule has 0 saturated heterocycles. The zero-order chi connectivity index (χ0) is 21.1. The number of aromatic nitrogens is 3. The van der Waals surface area contributed by atoms with E-state index >= 15 is 0 Å². The third kappa shape index (κ3) is 3.77.